The molecule has 0 bridgehead atoms. The van der Waals surface area contributed by atoms with Gasteiger partial charge in [-0.05, 0) is 104 Å². The molecule has 0 saturated carbocycles. The van der Waals surface area contributed by atoms with Crippen LogP contribution in [0.4, 0.5) is 24.5 Å². The molecule has 12 heteroatoms. The first-order valence-electron chi connectivity index (χ1n) is 18.6. The van der Waals surface area contributed by atoms with Crippen molar-refractivity contribution in [3.63, 3.8) is 0 Å². The van der Waals surface area contributed by atoms with Gasteiger partial charge in [0.05, 0.1) is 0 Å². The lowest BCUT2D eigenvalue weighted by Crippen LogP contribution is -2.47. The fourth-order valence-electron chi connectivity index (χ4n) is 8.15. The molecule has 2 amide bonds. The van der Waals surface area contributed by atoms with Crippen LogP contribution >= 0.6 is 0 Å². The Morgan fingerprint density at radius 3 is 2.15 bits per heavy atom. The molecule has 9 nitrogen and oxygen atoms in total. The van der Waals surface area contributed by atoms with Crippen LogP contribution in [-0.2, 0) is 23.2 Å². The van der Waals surface area contributed by atoms with Crippen molar-refractivity contribution < 1.29 is 27.5 Å². The summed E-state index contributed by atoms with van der Waals surface area (Å²) >= 11 is 0. The summed E-state index contributed by atoms with van der Waals surface area (Å²) in [7, 11) is 1.64. The Labute approximate surface area is 307 Å². The van der Waals surface area contributed by atoms with Crippen molar-refractivity contribution in [2.24, 2.45) is 18.9 Å². The molecule has 3 fully saturated rings. The Hall–Kier alpha value is -4.84. The molecule has 3 aliphatic rings. The fourth-order valence-corrected chi connectivity index (χ4v) is 8.15. The number of anilines is 2. The van der Waals surface area contributed by atoms with E-state index in [2.05, 4.69) is 37.3 Å². The average Bonchev–Trinajstić information content (AvgIpc) is 3.15. The number of halogens is 3. The zero-order valence-electron chi connectivity index (χ0n) is 30.0. The van der Waals surface area contributed by atoms with Crippen LogP contribution in [0.5, 0.6) is 5.75 Å². The van der Waals surface area contributed by atoms with Crippen LogP contribution in [0, 0.1) is 11.8 Å². The molecule has 4 aromatic rings. The highest BCUT2D eigenvalue weighted by atomic mass is 19.4. The number of alkyl halides is 3. The van der Waals surface area contributed by atoms with Gasteiger partial charge in [-0.25, -0.2) is 0 Å². The van der Waals surface area contributed by atoms with E-state index in [0.29, 0.717) is 58.7 Å². The maximum atomic E-state index is 13.6. The normalized spacial score (nSPS) is 19.4. The smallest absolute Gasteiger partial charge is 0.405 e. The van der Waals surface area contributed by atoms with Gasteiger partial charge in [-0.15, -0.1) is 13.2 Å². The van der Waals surface area contributed by atoms with E-state index >= 15 is 0 Å². The molecule has 1 unspecified atom stereocenters. The van der Waals surface area contributed by atoms with Crippen molar-refractivity contribution in [1.82, 2.24) is 14.8 Å². The highest BCUT2D eigenvalue weighted by Gasteiger charge is 2.33. The van der Waals surface area contributed by atoms with Crippen molar-refractivity contribution in [1.29, 1.82) is 0 Å². The second-order valence-electron chi connectivity index (χ2n) is 14.8. The molecule has 53 heavy (non-hydrogen) atoms. The largest absolute Gasteiger partial charge is 0.573 e. The van der Waals surface area contributed by atoms with Crippen molar-refractivity contribution in [3.8, 4) is 16.9 Å². The maximum Gasteiger partial charge on any atom is 0.573 e. The van der Waals surface area contributed by atoms with Gasteiger partial charge >= 0.3 is 6.36 Å². The standard InChI is InChI=1S/C41H46F3N5O4/c1-47-26-35(33-4-2-3-5-34(33)40(47)52)29-8-9-30(37(24-29)53-41(42,43)44)25-48-20-16-27(17-21-48)6-7-28-18-22-49(23-19-28)32-12-10-31(11-13-32)45-36-14-15-38(50)46-39(36)51/h2-5,8-13,24,26-28,36,45H,6-7,14-23,25H2,1H3,(H,46,50,51). The molecule has 1 aromatic heterocycles. The molecule has 7 rings (SSSR count). The number of hydrogen-bond acceptors (Lipinski definition) is 7. The summed E-state index contributed by atoms with van der Waals surface area (Å²) < 4.78 is 46.8. The third-order valence-corrected chi connectivity index (χ3v) is 11.2. The molecule has 4 heterocycles. The number of aromatic nitrogens is 1. The van der Waals surface area contributed by atoms with E-state index in [1.54, 1.807) is 31.4 Å². The molecule has 0 radical (unpaired) electrons. The molecular weight excluding hydrogens is 683 g/mol. The topological polar surface area (TPSA) is 95.9 Å². The van der Waals surface area contributed by atoms with Gasteiger partial charge in [-0.2, -0.15) is 0 Å². The maximum absolute atomic E-state index is 13.6. The fraction of sp³-hybridized carbons (Fsp3) is 0.439. The molecule has 1 atom stereocenters. The predicted molar refractivity (Wildman–Crippen MR) is 200 cm³/mol. The molecule has 3 aliphatic heterocycles. The van der Waals surface area contributed by atoms with Gasteiger partial charge < -0.3 is 19.5 Å². The van der Waals surface area contributed by atoms with Crippen LogP contribution < -0.4 is 25.8 Å². The number of hydrogen-bond donors (Lipinski definition) is 2. The molecule has 0 aliphatic carbocycles. The minimum absolute atomic E-state index is 0.163. The Morgan fingerprint density at radius 1 is 0.830 bits per heavy atom. The minimum atomic E-state index is -4.83. The second-order valence-corrected chi connectivity index (χ2v) is 14.8. The first-order chi connectivity index (χ1) is 25.5. The van der Waals surface area contributed by atoms with Gasteiger partial charge in [-0.1, -0.05) is 43.2 Å². The number of imide groups is 1. The van der Waals surface area contributed by atoms with Crippen molar-refractivity contribution in [2.75, 3.05) is 36.4 Å². The van der Waals surface area contributed by atoms with Gasteiger partial charge in [0.2, 0.25) is 11.8 Å². The Balaban J connectivity index is 0.889. The number of piperidine rings is 3. The molecule has 0 spiro atoms. The van der Waals surface area contributed by atoms with Gasteiger partial charge in [0.25, 0.3) is 5.56 Å². The number of nitrogens with zero attached hydrogens (tertiary/aromatic N) is 3. The number of fused-ring (bicyclic) bond motifs is 1. The van der Waals surface area contributed by atoms with Crippen molar-refractivity contribution in [2.45, 2.75) is 70.3 Å². The first-order valence-corrected chi connectivity index (χ1v) is 18.6. The number of nitrogens with one attached hydrogen (secondary N) is 2. The highest BCUT2D eigenvalue weighted by molar-refractivity contribution is 6.01. The third kappa shape index (κ3) is 8.87. The Morgan fingerprint density at radius 2 is 1.49 bits per heavy atom. The van der Waals surface area contributed by atoms with Crippen LogP contribution in [0.15, 0.2) is 77.7 Å². The number of amides is 2. The minimum Gasteiger partial charge on any atom is -0.405 e. The quantitative estimate of drug-likeness (QED) is 0.166. The van der Waals surface area contributed by atoms with E-state index in [9.17, 15) is 27.6 Å². The number of aryl methyl sites for hydroxylation is 1. The van der Waals surface area contributed by atoms with E-state index in [0.717, 1.165) is 57.5 Å². The van der Waals surface area contributed by atoms with Crippen LogP contribution in [0.1, 0.15) is 56.9 Å². The summed E-state index contributed by atoms with van der Waals surface area (Å²) in [5.41, 5.74) is 3.59. The van der Waals surface area contributed by atoms with Crippen molar-refractivity contribution in [3.05, 3.63) is 88.8 Å². The zero-order chi connectivity index (χ0) is 37.1. The summed E-state index contributed by atoms with van der Waals surface area (Å²) in [5, 5.41) is 6.81. The predicted octanol–water partition coefficient (Wildman–Crippen LogP) is 7.23. The lowest BCUT2D eigenvalue weighted by atomic mass is 9.85. The highest BCUT2D eigenvalue weighted by Crippen LogP contribution is 2.36. The summed E-state index contributed by atoms with van der Waals surface area (Å²) in [6.07, 6.45) is 4.36. The number of rotatable bonds is 10. The van der Waals surface area contributed by atoms with E-state index in [4.69, 9.17) is 0 Å². The summed E-state index contributed by atoms with van der Waals surface area (Å²) in [6, 6.07) is 19.9. The lowest BCUT2D eigenvalue weighted by molar-refractivity contribution is -0.275. The van der Waals surface area contributed by atoms with Gasteiger partial charge in [0.1, 0.15) is 11.8 Å². The molecule has 2 N–H and O–H groups in total. The van der Waals surface area contributed by atoms with E-state index in [1.807, 2.05) is 30.3 Å². The second kappa shape index (κ2) is 15.6. The lowest BCUT2D eigenvalue weighted by Gasteiger charge is -2.36. The number of ether oxygens (including phenoxy) is 1. The Bertz CT molecular complexity index is 2000. The van der Waals surface area contributed by atoms with Crippen LogP contribution in [-0.4, -0.2) is 59.9 Å². The number of pyridine rings is 1. The number of carbonyl (C=O) groups is 2. The average molecular weight is 730 g/mol. The Kier molecular flexibility index (Phi) is 10.8. The van der Waals surface area contributed by atoms with Crippen LogP contribution in [0.25, 0.3) is 21.9 Å². The monoisotopic (exact) mass is 729 g/mol. The van der Waals surface area contributed by atoms with Crippen LogP contribution in [0.2, 0.25) is 0 Å². The number of benzene rings is 3. The van der Waals surface area contributed by atoms with Gasteiger partial charge in [-0.3, -0.25) is 24.6 Å². The van der Waals surface area contributed by atoms with Crippen molar-refractivity contribution >= 4 is 34.0 Å². The summed E-state index contributed by atoms with van der Waals surface area (Å²) in [5.74, 6) is 0.591. The first kappa shape index (κ1) is 36.5. The SMILES string of the molecule is Cn1cc(-c2ccc(CN3CCC(CCC4CCN(c5ccc(NC6CCC(=O)NC6=O)cc5)CC4)CC3)c(OC(F)(F)F)c2)c2ccccc2c1=O. The summed E-state index contributed by atoms with van der Waals surface area (Å²) in [6.45, 7) is 4.04. The molecule has 3 aromatic carbocycles. The number of carbonyl (C=O) groups excluding carboxylic acids is 2. The van der Waals surface area contributed by atoms with Gasteiger partial charge in [0, 0.05) is 67.2 Å². The van der Waals surface area contributed by atoms with E-state index < -0.39 is 12.4 Å². The third-order valence-electron chi connectivity index (χ3n) is 11.2. The van der Waals surface area contributed by atoms with Gasteiger partial charge in [0.15, 0.2) is 0 Å². The van der Waals surface area contributed by atoms with E-state index in [-0.39, 0.29) is 23.1 Å². The number of likely N-dealkylation sites (tertiary alicyclic amines) is 1. The molecular formula is C41H46F3N5O4. The molecule has 3 saturated heterocycles. The summed E-state index contributed by atoms with van der Waals surface area (Å²) in [4.78, 5) is 40.8. The molecule has 280 valence electrons. The zero-order valence-corrected chi connectivity index (χ0v) is 30.0. The van der Waals surface area contributed by atoms with Crippen LogP contribution in [0.3, 0.4) is 0 Å². The van der Waals surface area contributed by atoms with E-state index in [1.165, 1.54) is 29.2 Å².